The molecule has 20 heavy (non-hydrogen) atoms. The molecule has 4 heteroatoms. The maximum Gasteiger partial charge on any atom is 0.254 e. The van der Waals surface area contributed by atoms with Crippen LogP contribution in [0.5, 0.6) is 0 Å². The molecular formula is C16H22N2O2. The Morgan fingerprint density at radius 2 is 2.15 bits per heavy atom. The molecular weight excluding hydrogens is 252 g/mol. The van der Waals surface area contributed by atoms with Crippen LogP contribution in [0.4, 0.5) is 5.69 Å². The number of rotatable bonds is 3. The second-order valence-corrected chi connectivity index (χ2v) is 6.20. The minimum Gasteiger partial charge on any atom is -0.388 e. The topological polar surface area (TPSA) is 43.8 Å². The Labute approximate surface area is 120 Å². The summed E-state index contributed by atoms with van der Waals surface area (Å²) in [6.45, 7) is 0.762. The number of carbonyl (C=O) groups is 1. The molecule has 0 spiro atoms. The van der Waals surface area contributed by atoms with Gasteiger partial charge in [0.05, 0.1) is 11.6 Å². The summed E-state index contributed by atoms with van der Waals surface area (Å²) in [7, 11) is 3.93. The Hall–Kier alpha value is -1.55. The summed E-state index contributed by atoms with van der Waals surface area (Å²) < 4.78 is 0. The predicted molar refractivity (Wildman–Crippen MR) is 79.0 cm³/mol. The van der Waals surface area contributed by atoms with Gasteiger partial charge in [-0.1, -0.05) is 6.07 Å². The SMILES string of the molecule is CN(C)c1cccc(C(=O)N2CCCC2C2(O)CC2)c1. The average Bonchev–Trinajstić information content (AvgIpc) is 3.01. The van der Waals surface area contributed by atoms with Gasteiger partial charge in [0.1, 0.15) is 0 Å². The fourth-order valence-electron chi connectivity index (χ4n) is 3.11. The van der Waals surface area contributed by atoms with E-state index in [-0.39, 0.29) is 11.9 Å². The molecule has 1 aromatic carbocycles. The normalized spacial score (nSPS) is 23.8. The lowest BCUT2D eigenvalue weighted by Crippen LogP contribution is -2.44. The van der Waals surface area contributed by atoms with E-state index >= 15 is 0 Å². The van der Waals surface area contributed by atoms with Gasteiger partial charge >= 0.3 is 0 Å². The van der Waals surface area contributed by atoms with Crippen LogP contribution in [-0.2, 0) is 0 Å². The molecule has 1 aromatic rings. The first-order chi connectivity index (χ1) is 9.51. The van der Waals surface area contributed by atoms with Crippen molar-refractivity contribution in [2.24, 2.45) is 0 Å². The number of hydrogen-bond acceptors (Lipinski definition) is 3. The third kappa shape index (κ3) is 2.29. The highest BCUT2D eigenvalue weighted by molar-refractivity contribution is 5.95. The molecule has 0 radical (unpaired) electrons. The van der Waals surface area contributed by atoms with Crippen LogP contribution in [0, 0.1) is 0 Å². The van der Waals surface area contributed by atoms with Crippen molar-refractivity contribution in [2.75, 3.05) is 25.5 Å². The molecule has 1 aliphatic carbocycles. The average molecular weight is 274 g/mol. The highest BCUT2D eigenvalue weighted by atomic mass is 16.3. The Morgan fingerprint density at radius 1 is 1.40 bits per heavy atom. The molecule has 1 amide bonds. The Balaban J connectivity index is 1.83. The lowest BCUT2D eigenvalue weighted by molar-refractivity contribution is 0.0386. The fourth-order valence-corrected chi connectivity index (χ4v) is 3.11. The first kappa shape index (κ1) is 13.4. The molecule has 1 unspecified atom stereocenters. The second-order valence-electron chi connectivity index (χ2n) is 6.20. The summed E-state index contributed by atoms with van der Waals surface area (Å²) in [5.74, 6) is 0.0523. The lowest BCUT2D eigenvalue weighted by atomic mass is 10.1. The standard InChI is InChI=1S/C16H22N2O2/c1-17(2)13-6-3-5-12(11-13)15(19)18-10-4-7-14(18)16(20)8-9-16/h3,5-6,11,14,20H,4,7-10H2,1-2H3. The van der Waals surface area contributed by atoms with E-state index in [1.807, 2.05) is 48.2 Å². The molecule has 3 rings (SSSR count). The lowest BCUT2D eigenvalue weighted by Gasteiger charge is -2.29. The summed E-state index contributed by atoms with van der Waals surface area (Å²) in [4.78, 5) is 16.6. The van der Waals surface area contributed by atoms with E-state index in [4.69, 9.17) is 0 Å². The third-order valence-electron chi connectivity index (χ3n) is 4.51. The first-order valence-corrected chi connectivity index (χ1v) is 7.32. The first-order valence-electron chi connectivity index (χ1n) is 7.32. The van der Waals surface area contributed by atoms with Crippen molar-refractivity contribution in [1.82, 2.24) is 4.90 Å². The van der Waals surface area contributed by atoms with Gasteiger partial charge in [0, 0.05) is 31.9 Å². The number of benzene rings is 1. The van der Waals surface area contributed by atoms with Gasteiger partial charge < -0.3 is 14.9 Å². The largest absolute Gasteiger partial charge is 0.388 e. The van der Waals surface area contributed by atoms with Crippen LogP contribution in [-0.4, -0.2) is 48.2 Å². The summed E-state index contributed by atoms with van der Waals surface area (Å²) >= 11 is 0. The second kappa shape index (κ2) is 4.77. The van der Waals surface area contributed by atoms with Crippen LogP contribution in [0.15, 0.2) is 24.3 Å². The number of likely N-dealkylation sites (tertiary alicyclic amines) is 1. The number of hydrogen-bond donors (Lipinski definition) is 1. The Morgan fingerprint density at radius 3 is 2.80 bits per heavy atom. The molecule has 1 heterocycles. The molecule has 108 valence electrons. The monoisotopic (exact) mass is 274 g/mol. The van der Waals surface area contributed by atoms with Crippen LogP contribution in [0.3, 0.4) is 0 Å². The molecule has 4 nitrogen and oxygen atoms in total. The quantitative estimate of drug-likeness (QED) is 0.915. The maximum atomic E-state index is 12.7. The van der Waals surface area contributed by atoms with E-state index < -0.39 is 5.60 Å². The maximum absolute atomic E-state index is 12.7. The van der Waals surface area contributed by atoms with Gasteiger partial charge in [0.25, 0.3) is 5.91 Å². The predicted octanol–water partition coefficient (Wildman–Crippen LogP) is 1.88. The van der Waals surface area contributed by atoms with E-state index in [1.54, 1.807) is 0 Å². The van der Waals surface area contributed by atoms with Crippen LogP contribution in [0.1, 0.15) is 36.0 Å². The minimum atomic E-state index is -0.606. The van der Waals surface area contributed by atoms with Gasteiger partial charge in [-0.25, -0.2) is 0 Å². The zero-order valence-corrected chi connectivity index (χ0v) is 12.2. The highest BCUT2D eigenvalue weighted by Gasteiger charge is 2.52. The number of carbonyl (C=O) groups excluding carboxylic acids is 1. The van der Waals surface area contributed by atoms with Gasteiger partial charge in [0.2, 0.25) is 0 Å². The molecule has 1 saturated heterocycles. The van der Waals surface area contributed by atoms with E-state index in [0.29, 0.717) is 5.56 Å². The van der Waals surface area contributed by atoms with E-state index in [0.717, 1.165) is 37.9 Å². The summed E-state index contributed by atoms with van der Waals surface area (Å²) in [5, 5.41) is 10.3. The van der Waals surface area contributed by atoms with Crippen molar-refractivity contribution >= 4 is 11.6 Å². The van der Waals surface area contributed by atoms with Crippen LogP contribution >= 0.6 is 0 Å². The zero-order chi connectivity index (χ0) is 14.3. The molecule has 2 aliphatic rings. The number of amides is 1. The fraction of sp³-hybridized carbons (Fsp3) is 0.562. The molecule has 1 atom stereocenters. The molecule has 2 fully saturated rings. The molecule has 1 N–H and O–H groups in total. The van der Waals surface area contributed by atoms with Crippen LogP contribution < -0.4 is 4.90 Å². The van der Waals surface area contributed by atoms with E-state index in [2.05, 4.69) is 0 Å². The Kier molecular flexibility index (Phi) is 3.21. The van der Waals surface area contributed by atoms with Gasteiger partial charge in [-0.15, -0.1) is 0 Å². The highest BCUT2D eigenvalue weighted by Crippen LogP contribution is 2.44. The van der Waals surface area contributed by atoms with Crippen LogP contribution in [0.25, 0.3) is 0 Å². The van der Waals surface area contributed by atoms with Gasteiger partial charge in [-0.2, -0.15) is 0 Å². The summed E-state index contributed by atoms with van der Waals surface area (Å²) in [5.41, 5.74) is 1.13. The molecule has 0 bridgehead atoms. The van der Waals surface area contributed by atoms with Gasteiger partial charge in [0.15, 0.2) is 0 Å². The molecule has 1 saturated carbocycles. The van der Waals surface area contributed by atoms with Crippen molar-refractivity contribution in [3.63, 3.8) is 0 Å². The van der Waals surface area contributed by atoms with E-state index in [1.165, 1.54) is 0 Å². The smallest absolute Gasteiger partial charge is 0.254 e. The van der Waals surface area contributed by atoms with Crippen LogP contribution in [0.2, 0.25) is 0 Å². The van der Waals surface area contributed by atoms with Crippen molar-refractivity contribution in [3.8, 4) is 0 Å². The van der Waals surface area contributed by atoms with Crippen molar-refractivity contribution < 1.29 is 9.90 Å². The minimum absolute atomic E-state index is 0.0120. The number of nitrogens with zero attached hydrogens (tertiary/aromatic N) is 2. The number of anilines is 1. The van der Waals surface area contributed by atoms with E-state index in [9.17, 15) is 9.90 Å². The van der Waals surface area contributed by atoms with Crippen molar-refractivity contribution in [2.45, 2.75) is 37.3 Å². The van der Waals surface area contributed by atoms with Gasteiger partial charge in [-0.3, -0.25) is 4.79 Å². The Bertz CT molecular complexity index is 523. The number of aliphatic hydroxyl groups is 1. The third-order valence-corrected chi connectivity index (χ3v) is 4.51. The van der Waals surface area contributed by atoms with Crippen molar-refractivity contribution in [1.29, 1.82) is 0 Å². The molecule has 1 aliphatic heterocycles. The summed E-state index contributed by atoms with van der Waals surface area (Å²) in [6.07, 6.45) is 3.58. The summed E-state index contributed by atoms with van der Waals surface area (Å²) in [6, 6.07) is 7.71. The van der Waals surface area contributed by atoms with Crippen molar-refractivity contribution in [3.05, 3.63) is 29.8 Å². The van der Waals surface area contributed by atoms with Gasteiger partial charge in [-0.05, 0) is 43.9 Å². The molecule has 0 aromatic heterocycles. The zero-order valence-electron chi connectivity index (χ0n) is 12.2.